The number of para-hydroxylation sites is 1. The second kappa shape index (κ2) is 7.16. The summed E-state index contributed by atoms with van der Waals surface area (Å²) in [7, 11) is 2.20. The molecule has 2 aliphatic heterocycles. The van der Waals surface area contributed by atoms with Crippen LogP contribution in [0, 0.1) is 0 Å². The van der Waals surface area contributed by atoms with Crippen molar-refractivity contribution in [3.63, 3.8) is 0 Å². The maximum atomic E-state index is 13.3. The lowest BCUT2D eigenvalue weighted by Gasteiger charge is -2.26. The molecular weight excluding hydrogens is 360 g/mol. The highest BCUT2D eigenvalue weighted by molar-refractivity contribution is 6.01. The van der Waals surface area contributed by atoms with Crippen LogP contribution in [0.1, 0.15) is 29.6 Å². The normalized spacial score (nSPS) is 22.0. The number of nitrogens with two attached hydrogens (primary N) is 1. The minimum absolute atomic E-state index is 0.125. The van der Waals surface area contributed by atoms with Crippen molar-refractivity contribution in [1.29, 1.82) is 0 Å². The third-order valence-corrected chi connectivity index (χ3v) is 6.66. The van der Waals surface area contributed by atoms with Crippen molar-refractivity contribution < 1.29 is 4.79 Å². The molecule has 0 aliphatic carbocycles. The fourth-order valence-corrected chi connectivity index (χ4v) is 4.93. The number of nitrogen functional groups attached to an aromatic ring is 1. The summed E-state index contributed by atoms with van der Waals surface area (Å²) in [6.07, 6.45) is 5.24. The van der Waals surface area contributed by atoms with Crippen molar-refractivity contribution in [3.05, 3.63) is 60.3 Å². The fraction of sp³-hybridized carbons (Fsp3) is 0.333. The third kappa shape index (κ3) is 3.15. The number of carbonyl (C=O) groups excluding carboxylic acids is 1. The summed E-state index contributed by atoms with van der Waals surface area (Å²) >= 11 is 0. The van der Waals surface area contributed by atoms with Gasteiger partial charge in [-0.25, -0.2) is 0 Å². The van der Waals surface area contributed by atoms with Crippen molar-refractivity contribution in [1.82, 2.24) is 14.8 Å². The van der Waals surface area contributed by atoms with E-state index in [0.717, 1.165) is 47.1 Å². The van der Waals surface area contributed by atoms with Gasteiger partial charge in [-0.05, 0) is 50.1 Å². The van der Waals surface area contributed by atoms with E-state index in [-0.39, 0.29) is 5.91 Å². The third-order valence-electron chi connectivity index (χ3n) is 6.66. The van der Waals surface area contributed by atoms with Crippen LogP contribution in [0.2, 0.25) is 0 Å². The molecule has 1 amide bonds. The zero-order chi connectivity index (χ0) is 20.0. The summed E-state index contributed by atoms with van der Waals surface area (Å²) in [5.41, 5.74) is 10.4. The van der Waals surface area contributed by atoms with Crippen molar-refractivity contribution >= 4 is 22.5 Å². The zero-order valence-electron chi connectivity index (χ0n) is 16.7. The molecule has 0 unspecified atom stereocenters. The van der Waals surface area contributed by atoms with Crippen molar-refractivity contribution in [3.8, 4) is 11.1 Å². The second-order valence-electron chi connectivity index (χ2n) is 8.27. The Labute approximate surface area is 171 Å². The topological polar surface area (TPSA) is 62.5 Å². The Morgan fingerprint density at radius 2 is 1.90 bits per heavy atom. The van der Waals surface area contributed by atoms with E-state index in [2.05, 4.69) is 16.9 Å². The van der Waals surface area contributed by atoms with E-state index in [1.54, 1.807) is 6.20 Å². The number of rotatable bonds is 2. The average molecular weight is 386 g/mol. The number of anilines is 1. The minimum atomic E-state index is 0.125. The fourth-order valence-electron chi connectivity index (χ4n) is 4.93. The predicted molar refractivity (Wildman–Crippen MR) is 117 cm³/mol. The van der Waals surface area contributed by atoms with Gasteiger partial charge in [0.05, 0.1) is 5.52 Å². The molecule has 0 radical (unpaired) electrons. The van der Waals surface area contributed by atoms with E-state index < -0.39 is 0 Å². The lowest BCUT2D eigenvalue weighted by molar-refractivity contribution is 0.0740. The maximum Gasteiger partial charge on any atom is 0.253 e. The number of fused-ring (bicyclic) bond motifs is 3. The van der Waals surface area contributed by atoms with Gasteiger partial charge >= 0.3 is 0 Å². The molecule has 0 saturated carbocycles. The highest BCUT2D eigenvalue weighted by Gasteiger charge is 2.36. The highest BCUT2D eigenvalue weighted by Crippen LogP contribution is 2.32. The highest BCUT2D eigenvalue weighted by atomic mass is 16.2. The van der Waals surface area contributed by atoms with Crippen molar-refractivity contribution in [2.45, 2.75) is 31.3 Å². The second-order valence-corrected chi connectivity index (χ2v) is 8.27. The lowest BCUT2D eigenvalue weighted by atomic mass is 9.99. The van der Waals surface area contributed by atoms with Crippen molar-refractivity contribution in [2.24, 2.45) is 0 Å². The van der Waals surface area contributed by atoms with E-state index >= 15 is 0 Å². The summed E-state index contributed by atoms with van der Waals surface area (Å²) in [5.74, 6) is 0.125. The molecule has 2 fully saturated rings. The number of likely N-dealkylation sites (N-methyl/N-ethyl adjacent to an activating group) is 1. The first-order valence-electron chi connectivity index (χ1n) is 10.4. The largest absolute Gasteiger partial charge is 0.398 e. The van der Waals surface area contributed by atoms with E-state index in [0.29, 0.717) is 17.8 Å². The van der Waals surface area contributed by atoms with Gasteiger partial charge < -0.3 is 10.6 Å². The summed E-state index contributed by atoms with van der Waals surface area (Å²) in [5, 5.41) is 0.938. The molecule has 29 heavy (non-hydrogen) atoms. The van der Waals surface area contributed by atoms with Crippen LogP contribution in [-0.4, -0.2) is 52.9 Å². The minimum Gasteiger partial charge on any atom is -0.398 e. The molecule has 5 rings (SSSR count). The Kier molecular flexibility index (Phi) is 4.47. The van der Waals surface area contributed by atoms with E-state index in [1.807, 2.05) is 53.4 Å². The first-order valence-corrected chi connectivity index (χ1v) is 10.4. The van der Waals surface area contributed by atoms with Gasteiger partial charge in [-0.1, -0.05) is 30.3 Å². The summed E-state index contributed by atoms with van der Waals surface area (Å²) in [4.78, 5) is 22.4. The van der Waals surface area contributed by atoms with Crippen LogP contribution in [0.5, 0.6) is 0 Å². The molecule has 148 valence electrons. The Balaban J connectivity index is 1.48. The SMILES string of the molecule is CN1[C@H]2CC[C@@H]1CN(C(=O)c1cccc(-c3cccc4c(N)ccnc34)c1)CC2. The average Bonchev–Trinajstić information content (AvgIpc) is 2.99. The van der Waals surface area contributed by atoms with Crippen LogP contribution < -0.4 is 5.73 Å². The van der Waals surface area contributed by atoms with Gasteiger partial charge in [0.2, 0.25) is 0 Å². The zero-order valence-corrected chi connectivity index (χ0v) is 16.7. The quantitative estimate of drug-likeness (QED) is 0.728. The molecule has 5 heteroatoms. The first-order chi connectivity index (χ1) is 14.1. The van der Waals surface area contributed by atoms with Gasteiger partial charge in [0.15, 0.2) is 0 Å². The Morgan fingerprint density at radius 1 is 1.07 bits per heavy atom. The van der Waals surface area contributed by atoms with Crippen LogP contribution >= 0.6 is 0 Å². The molecule has 2 N–H and O–H groups in total. The van der Waals surface area contributed by atoms with Crippen LogP contribution in [0.15, 0.2) is 54.7 Å². The number of aromatic nitrogens is 1. The van der Waals surface area contributed by atoms with Crippen LogP contribution in [-0.2, 0) is 0 Å². The van der Waals surface area contributed by atoms with E-state index in [9.17, 15) is 4.79 Å². The van der Waals surface area contributed by atoms with Gasteiger partial charge in [0.1, 0.15) is 0 Å². The maximum absolute atomic E-state index is 13.3. The standard InChI is InChI=1S/C24H26N4O/c1-27-18-8-9-19(27)15-28(13-11-18)24(29)17-5-2-4-16(14-17)20-6-3-7-21-22(25)10-12-26-23(20)21/h2-7,10,12,14,18-19H,8-9,11,13,15H2,1H3,(H2,25,26)/t18-,19+/m0/s1. The molecule has 3 heterocycles. The monoisotopic (exact) mass is 386 g/mol. The van der Waals surface area contributed by atoms with Gasteiger partial charge in [-0.15, -0.1) is 0 Å². The number of nitrogens with zero attached hydrogens (tertiary/aromatic N) is 3. The molecule has 2 atom stereocenters. The lowest BCUT2D eigenvalue weighted by Crippen LogP contribution is -2.39. The number of pyridine rings is 1. The van der Waals surface area contributed by atoms with Gasteiger partial charge in [0.25, 0.3) is 5.91 Å². The molecule has 5 nitrogen and oxygen atoms in total. The molecular formula is C24H26N4O. The summed E-state index contributed by atoms with van der Waals surface area (Å²) in [6, 6.07) is 16.9. The number of likely N-dealkylation sites (tertiary alicyclic amines) is 1. The van der Waals surface area contributed by atoms with Gasteiger partial charge in [-0.3, -0.25) is 14.7 Å². The van der Waals surface area contributed by atoms with Crippen molar-refractivity contribution in [2.75, 3.05) is 25.9 Å². The Morgan fingerprint density at radius 3 is 2.79 bits per heavy atom. The van der Waals surface area contributed by atoms with Gasteiger partial charge in [0, 0.05) is 53.6 Å². The molecule has 0 spiro atoms. The Hall–Kier alpha value is -2.92. The molecule has 2 aromatic carbocycles. The predicted octanol–water partition coefficient (Wildman–Crippen LogP) is 3.79. The number of amides is 1. The molecule has 2 aliphatic rings. The van der Waals surface area contributed by atoms with Crippen LogP contribution in [0.3, 0.4) is 0 Å². The molecule has 2 bridgehead atoms. The smallest absolute Gasteiger partial charge is 0.253 e. The molecule has 1 aromatic heterocycles. The van der Waals surface area contributed by atoms with E-state index in [1.165, 1.54) is 12.8 Å². The number of benzene rings is 2. The van der Waals surface area contributed by atoms with E-state index in [4.69, 9.17) is 5.73 Å². The number of hydrogen-bond donors (Lipinski definition) is 1. The Bertz CT molecular complexity index is 1080. The van der Waals surface area contributed by atoms with Crippen LogP contribution in [0.25, 0.3) is 22.0 Å². The first kappa shape index (κ1) is 18.1. The summed E-state index contributed by atoms with van der Waals surface area (Å²) in [6.45, 7) is 1.66. The number of hydrogen-bond acceptors (Lipinski definition) is 4. The van der Waals surface area contributed by atoms with Crippen LogP contribution in [0.4, 0.5) is 5.69 Å². The summed E-state index contributed by atoms with van der Waals surface area (Å²) < 4.78 is 0. The van der Waals surface area contributed by atoms with Gasteiger partial charge in [-0.2, -0.15) is 0 Å². The molecule has 2 saturated heterocycles. The molecule has 3 aromatic rings. The number of carbonyl (C=O) groups is 1.